The minimum atomic E-state index is -3.62. The minimum absolute atomic E-state index is 0.0125. The third-order valence-electron chi connectivity index (χ3n) is 4.83. The molecule has 0 atom stereocenters. The van der Waals surface area contributed by atoms with Crippen LogP contribution in [0.15, 0.2) is 53.4 Å². The number of carbonyl (C=O) groups is 1. The molecule has 0 aromatic heterocycles. The summed E-state index contributed by atoms with van der Waals surface area (Å²) < 4.78 is 32.4. The van der Waals surface area contributed by atoms with Crippen molar-refractivity contribution in [1.82, 2.24) is 14.5 Å². The molecular formula is C20H25N3O4S. The molecule has 0 radical (unpaired) electrons. The Morgan fingerprint density at radius 1 is 1.00 bits per heavy atom. The second-order valence-corrected chi connectivity index (χ2v) is 8.56. The van der Waals surface area contributed by atoms with Gasteiger partial charge in [0, 0.05) is 38.3 Å². The zero-order valence-electron chi connectivity index (χ0n) is 16.1. The molecule has 1 heterocycles. The largest absolute Gasteiger partial charge is 0.497 e. The SMILES string of the molecule is COc1ccc(S(=O)(=O)NCc2ccc(C(=O)N3CCN(C)CC3)cc2)cc1. The first-order valence-electron chi connectivity index (χ1n) is 9.09. The van der Waals surface area contributed by atoms with Crippen molar-refractivity contribution in [3.63, 3.8) is 0 Å². The van der Waals surface area contributed by atoms with E-state index in [1.807, 2.05) is 11.9 Å². The van der Waals surface area contributed by atoms with E-state index in [0.717, 1.165) is 31.7 Å². The number of nitrogens with one attached hydrogen (secondary N) is 1. The first-order valence-corrected chi connectivity index (χ1v) is 10.6. The number of carbonyl (C=O) groups excluding carboxylic acids is 1. The Labute approximate surface area is 166 Å². The van der Waals surface area contributed by atoms with E-state index in [1.165, 1.54) is 19.2 Å². The average Bonchev–Trinajstić information content (AvgIpc) is 2.73. The topological polar surface area (TPSA) is 78.9 Å². The van der Waals surface area contributed by atoms with Gasteiger partial charge in [-0.15, -0.1) is 0 Å². The van der Waals surface area contributed by atoms with Crippen LogP contribution in [-0.4, -0.2) is 64.5 Å². The van der Waals surface area contributed by atoms with Crippen LogP contribution >= 0.6 is 0 Å². The lowest BCUT2D eigenvalue weighted by Gasteiger charge is -2.32. The van der Waals surface area contributed by atoms with Crippen LogP contribution in [0.5, 0.6) is 5.75 Å². The van der Waals surface area contributed by atoms with Crippen molar-refractivity contribution in [2.75, 3.05) is 40.3 Å². The van der Waals surface area contributed by atoms with Crippen LogP contribution in [0.25, 0.3) is 0 Å². The van der Waals surface area contributed by atoms with Crippen molar-refractivity contribution < 1.29 is 17.9 Å². The third kappa shape index (κ3) is 4.89. The van der Waals surface area contributed by atoms with Crippen molar-refractivity contribution in [2.45, 2.75) is 11.4 Å². The smallest absolute Gasteiger partial charge is 0.253 e. The van der Waals surface area contributed by atoms with Gasteiger partial charge in [0.2, 0.25) is 10.0 Å². The maximum Gasteiger partial charge on any atom is 0.253 e. The molecule has 8 heteroatoms. The van der Waals surface area contributed by atoms with Crippen LogP contribution in [-0.2, 0) is 16.6 Å². The van der Waals surface area contributed by atoms with Crippen LogP contribution < -0.4 is 9.46 Å². The van der Waals surface area contributed by atoms with Crippen molar-refractivity contribution >= 4 is 15.9 Å². The molecule has 2 aromatic carbocycles. The Bertz CT molecular complexity index is 903. The van der Waals surface area contributed by atoms with Crippen molar-refractivity contribution in [3.8, 4) is 5.75 Å². The number of hydrogen-bond donors (Lipinski definition) is 1. The monoisotopic (exact) mass is 403 g/mol. The lowest BCUT2D eigenvalue weighted by Crippen LogP contribution is -2.47. The van der Waals surface area contributed by atoms with Gasteiger partial charge < -0.3 is 14.5 Å². The molecule has 1 saturated heterocycles. The number of hydrogen-bond acceptors (Lipinski definition) is 5. The molecule has 0 bridgehead atoms. The van der Waals surface area contributed by atoms with E-state index in [2.05, 4.69) is 9.62 Å². The molecular weight excluding hydrogens is 378 g/mol. The summed E-state index contributed by atoms with van der Waals surface area (Å²) in [5.41, 5.74) is 1.40. The second kappa shape index (κ2) is 8.72. The lowest BCUT2D eigenvalue weighted by molar-refractivity contribution is 0.0664. The Hall–Kier alpha value is -2.42. The number of benzene rings is 2. The summed E-state index contributed by atoms with van der Waals surface area (Å²) in [5, 5.41) is 0. The van der Waals surface area contributed by atoms with Gasteiger partial charge in [0.1, 0.15) is 5.75 Å². The first kappa shape index (κ1) is 20.3. The number of amides is 1. The number of ether oxygens (including phenoxy) is 1. The Balaban J connectivity index is 1.60. The van der Waals surface area contributed by atoms with Gasteiger partial charge in [0.25, 0.3) is 5.91 Å². The van der Waals surface area contributed by atoms with Gasteiger partial charge in [-0.2, -0.15) is 0 Å². The van der Waals surface area contributed by atoms with E-state index in [9.17, 15) is 13.2 Å². The summed E-state index contributed by atoms with van der Waals surface area (Å²) in [7, 11) is -0.0447. The summed E-state index contributed by atoms with van der Waals surface area (Å²) in [6, 6.07) is 13.3. The number of methoxy groups -OCH3 is 1. The highest BCUT2D eigenvalue weighted by Crippen LogP contribution is 2.16. The minimum Gasteiger partial charge on any atom is -0.497 e. The van der Waals surface area contributed by atoms with Crippen LogP contribution in [0.4, 0.5) is 0 Å². The summed E-state index contributed by atoms with van der Waals surface area (Å²) in [5.74, 6) is 0.609. The standard InChI is InChI=1S/C20H25N3O4S/c1-22-11-13-23(14-12-22)20(24)17-5-3-16(4-6-17)15-21-28(25,26)19-9-7-18(27-2)8-10-19/h3-10,21H,11-15H2,1-2H3. The van der Waals surface area contributed by atoms with Crippen LogP contribution in [0.3, 0.4) is 0 Å². The Morgan fingerprint density at radius 3 is 2.18 bits per heavy atom. The van der Waals surface area contributed by atoms with Crippen LogP contribution in [0.2, 0.25) is 0 Å². The van der Waals surface area contributed by atoms with Crippen molar-refractivity contribution in [1.29, 1.82) is 0 Å². The fourth-order valence-electron chi connectivity index (χ4n) is 2.97. The van der Waals surface area contributed by atoms with Gasteiger partial charge in [-0.3, -0.25) is 4.79 Å². The molecule has 0 saturated carbocycles. The number of rotatable bonds is 6. The summed E-state index contributed by atoms with van der Waals surface area (Å²) in [6.07, 6.45) is 0. The van der Waals surface area contributed by atoms with E-state index in [-0.39, 0.29) is 17.3 Å². The van der Waals surface area contributed by atoms with Gasteiger partial charge in [-0.1, -0.05) is 12.1 Å². The molecule has 1 aliphatic rings. The second-order valence-electron chi connectivity index (χ2n) is 6.79. The molecule has 1 fully saturated rings. The third-order valence-corrected chi connectivity index (χ3v) is 6.24. The van der Waals surface area contributed by atoms with Crippen molar-refractivity contribution in [2.24, 2.45) is 0 Å². The molecule has 28 heavy (non-hydrogen) atoms. The maximum absolute atomic E-state index is 12.6. The zero-order chi connectivity index (χ0) is 20.1. The molecule has 1 N–H and O–H groups in total. The van der Waals surface area contributed by atoms with E-state index >= 15 is 0 Å². The molecule has 0 spiro atoms. The molecule has 3 rings (SSSR count). The predicted molar refractivity (Wildman–Crippen MR) is 107 cm³/mol. The molecule has 0 unspecified atom stereocenters. The van der Waals surface area contributed by atoms with Gasteiger partial charge in [0.05, 0.1) is 12.0 Å². The average molecular weight is 404 g/mol. The first-order chi connectivity index (χ1) is 13.4. The van der Waals surface area contributed by atoms with Crippen molar-refractivity contribution in [3.05, 3.63) is 59.7 Å². The highest BCUT2D eigenvalue weighted by molar-refractivity contribution is 7.89. The number of nitrogens with zero attached hydrogens (tertiary/aromatic N) is 2. The quantitative estimate of drug-likeness (QED) is 0.792. The van der Waals surface area contributed by atoms with Crippen LogP contribution in [0.1, 0.15) is 15.9 Å². The number of piperazine rings is 1. The highest BCUT2D eigenvalue weighted by Gasteiger charge is 2.20. The predicted octanol–water partition coefficient (Wildman–Crippen LogP) is 1.56. The highest BCUT2D eigenvalue weighted by atomic mass is 32.2. The number of likely N-dealkylation sites (N-methyl/N-ethyl adjacent to an activating group) is 1. The van der Waals surface area contributed by atoms with Crippen LogP contribution in [0, 0.1) is 0 Å². The normalized spacial score (nSPS) is 15.4. The van der Waals surface area contributed by atoms with E-state index in [1.54, 1.807) is 36.4 Å². The molecule has 150 valence electrons. The fourth-order valence-corrected chi connectivity index (χ4v) is 3.99. The Morgan fingerprint density at radius 2 is 1.61 bits per heavy atom. The molecule has 2 aromatic rings. The van der Waals surface area contributed by atoms with E-state index < -0.39 is 10.0 Å². The fraction of sp³-hybridized carbons (Fsp3) is 0.350. The molecule has 1 aliphatic heterocycles. The summed E-state index contributed by atoms with van der Waals surface area (Å²) >= 11 is 0. The van der Waals surface area contributed by atoms with E-state index in [4.69, 9.17) is 4.74 Å². The van der Waals surface area contributed by atoms with Gasteiger partial charge in [0.15, 0.2) is 0 Å². The van der Waals surface area contributed by atoms with Gasteiger partial charge >= 0.3 is 0 Å². The lowest BCUT2D eigenvalue weighted by atomic mass is 10.1. The van der Waals surface area contributed by atoms with E-state index in [0.29, 0.717) is 11.3 Å². The maximum atomic E-state index is 12.6. The molecule has 0 aliphatic carbocycles. The summed E-state index contributed by atoms with van der Waals surface area (Å²) in [6.45, 7) is 3.34. The number of sulfonamides is 1. The van der Waals surface area contributed by atoms with Gasteiger partial charge in [-0.05, 0) is 49.0 Å². The molecule has 1 amide bonds. The van der Waals surface area contributed by atoms with Gasteiger partial charge in [-0.25, -0.2) is 13.1 Å². The summed E-state index contributed by atoms with van der Waals surface area (Å²) in [4.78, 5) is 16.8. The molecule has 7 nitrogen and oxygen atoms in total. The Kier molecular flexibility index (Phi) is 6.33. The zero-order valence-corrected chi connectivity index (χ0v) is 16.9.